The number of halogens is 2. The van der Waals surface area contributed by atoms with E-state index < -0.39 is 30.8 Å². The van der Waals surface area contributed by atoms with Crippen molar-refractivity contribution in [2.75, 3.05) is 11.9 Å². The number of nitrogens with zero attached hydrogens (tertiary/aromatic N) is 1. The fourth-order valence-electron chi connectivity index (χ4n) is 2.63. The molecule has 0 spiro atoms. The number of rotatable bonds is 5. The minimum Gasteiger partial charge on any atom is -0.351 e. The largest absolute Gasteiger partial charge is 0.351 e. The highest BCUT2D eigenvalue weighted by atomic mass is 19.3. The summed E-state index contributed by atoms with van der Waals surface area (Å²) < 4.78 is 26.2. The van der Waals surface area contributed by atoms with Crippen LogP contribution in [0.2, 0.25) is 0 Å². The first-order chi connectivity index (χ1) is 12.4. The summed E-state index contributed by atoms with van der Waals surface area (Å²) in [6.07, 6.45) is 2.59. The van der Waals surface area contributed by atoms with E-state index in [-0.39, 0.29) is 12.5 Å². The molecule has 0 aliphatic carbocycles. The van der Waals surface area contributed by atoms with Crippen molar-refractivity contribution in [1.82, 2.24) is 15.6 Å². The average Bonchev–Trinajstić information content (AvgIpc) is 3.01. The van der Waals surface area contributed by atoms with Crippen molar-refractivity contribution in [1.29, 1.82) is 0 Å². The summed E-state index contributed by atoms with van der Waals surface area (Å²) in [4.78, 5) is 27.8. The second-order valence-electron chi connectivity index (χ2n) is 6.10. The molecule has 1 aromatic carbocycles. The van der Waals surface area contributed by atoms with Gasteiger partial charge in [-0.05, 0) is 29.8 Å². The van der Waals surface area contributed by atoms with Gasteiger partial charge in [-0.1, -0.05) is 12.1 Å². The van der Waals surface area contributed by atoms with Crippen LogP contribution in [0.25, 0.3) is 0 Å². The normalized spacial score (nSPS) is 18.3. The Balaban J connectivity index is 1.50. The predicted molar refractivity (Wildman–Crippen MR) is 91.8 cm³/mol. The van der Waals surface area contributed by atoms with Crippen molar-refractivity contribution in [2.45, 2.75) is 24.9 Å². The number of benzene rings is 1. The number of hydrogen-bond donors (Lipinski definition) is 3. The second kappa shape index (κ2) is 7.57. The van der Waals surface area contributed by atoms with Crippen molar-refractivity contribution in [2.24, 2.45) is 0 Å². The highest BCUT2D eigenvalue weighted by molar-refractivity contribution is 6.04. The fraction of sp³-hybridized carbons (Fsp3) is 0.278. The minimum absolute atomic E-state index is 0.223. The van der Waals surface area contributed by atoms with E-state index in [1.807, 2.05) is 0 Å². The number of anilines is 1. The minimum atomic E-state index is -2.84. The molecule has 1 aromatic heterocycles. The molecule has 8 heteroatoms. The Morgan fingerprint density at radius 2 is 1.85 bits per heavy atom. The molecule has 2 aromatic rings. The van der Waals surface area contributed by atoms with Crippen LogP contribution in [0.5, 0.6) is 0 Å². The molecule has 2 heterocycles. The van der Waals surface area contributed by atoms with Crippen LogP contribution in [0.3, 0.4) is 0 Å². The van der Waals surface area contributed by atoms with E-state index in [0.29, 0.717) is 11.3 Å². The van der Waals surface area contributed by atoms with Gasteiger partial charge in [0.2, 0.25) is 5.91 Å². The van der Waals surface area contributed by atoms with Crippen molar-refractivity contribution >= 4 is 17.5 Å². The summed E-state index contributed by atoms with van der Waals surface area (Å²) in [7, 11) is 0. The van der Waals surface area contributed by atoms with E-state index in [2.05, 4.69) is 20.9 Å². The van der Waals surface area contributed by atoms with Crippen LogP contribution in [0, 0.1) is 0 Å². The monoisotopic (exact) mass is 360 g/mol. The summed E-state index contributed by atoms with van der Waals surface area (Å²) in [6.45, 7) is -0.252. The maximum atomic E-state index is 13.1. The zero-order valence-electron chi connectivity index (χ0n) is 13.8. The van der Waals surface area contributed by atoms with Gasteiger partial charge in [-0.2, -0.15) is 0 Å². The van der Waals surface area contributed by atoms with Gasteiger partial charge in [0.05, 0.1) is 12.6 Å². The van der Waals surface area contributed by atoms with E-state index in [1.165, 1.54) is 12.4 Å². The molecule has 1 aliphatic rings. The quantitative estimate of drug-likeness (QED) is 0.761. The van der Waals surface area contributed by atoms with E-state index in [1.54, 1.807) is 36.4 Å². The molecule has 3 N–H and O–H groups in total. The van der Waals surface area contributed by atoms with Gasteiger partial charge in [-0.15, -0.1) is 0 Å². The number of pyridine rings is 1. The molecule has 3 rings (SSSR count). The Bertz CT molecular complexity index is 782. The predicted octanol–water partition coefficient (Wildman–Crippen LogP) is 1.95. The van der Waals surface area contributed by atoms with Gasteiger partial charge < -0.3 is 10.6 Å². The number of amides is 2. The smallest absolute Gasteiger partial charge is 0.262 e. The summed E-state index contributed by atoms with van der Waals surface area (Å²) in [6, 6.07) is 9.27. The Morgan fingerprint density at radius 3 is 2.46 bits per heavy atom. The zero-order chi connectivity index (χ0) is 18.6. The molecule has 1 unspecified atom stereocenters. The molecule has 0 bridgehead atoms. The standard InChI is InChI=1S/C18H18F2N4O2/c19-18(20)9-15(23-11-18)17(26)22-10-12-1-3-14(4-2-12)24-16(25)13-5-7-21-8-6-13/h1-8,15,23H,9-11H2,(H,22,26)(H,24,25). The maximum Gasteiger partial charge on any atom is 0.262 e. The van der Waals surface area contributed by atoms with Gasteiger partial charge in [0, 0.05) is 36.6 Å². The molecule has 1 atom stereocenters. The lowest BCUT2D eigenvalue weighted by Gasteiger charge is -2.12. The van der Waals surface area contributed by atoms with Crippen molar-refractivity contribution in [3.63, 3.8) is 0 Å². The lowest BCUT2D eigenvalue weighted by Crippen LogP contribution is -2.40. The van der Waals surface area contributed by atoms with E-state index in [4.69, 9.17) is 0 Å². The second-order valence-corrected chi connectivity index (χ2v) is 6.10. The van der Waals surface area contributed by atoms with E-state index in [0.717, 1.165) is 5.56 Å². The summed E-state index contributed by atoms with van der Waals surface area (Å²) in [5.41, 5.74) is 1.90. The number of nitrogens with one attached hydrogen (secondary N) is 3. The van der Waals surface area contributed by atoms with Gasteiger partial charge in [-0.3, -0.25) is 19.9 Å². The first kappa shape index (κ1) is 17.9. The Labute approximate surface area is 149 Å². The number of carbonyl (C=O) groups excluding carboxylic acids is 2. The first-order valence-corrected chi connectivity index (χ1v) is 8.12. The van der Waals surface area contributed by atoms with E-state index >= 15 is 0 Å². The van der Waals surface area contributed by atoms with Crippen LogP contribution < -0.4 is 16.0 Å². The Kier molecular flexibility index (Phi) is 5.22. The van der Waals surface area contributed by atoms with Crippen LogP contribution in [0.1, 0.15) is 22.3 Å². The maximum absolute atomic E-state index is 13.1. The highest BCUT2D eigenvalue weighted by Gasteiger charge is 2.42. The number of alkyl halides is 2. The van der Waals surface area contributed by atoms with Gasteiger partial charge >= 0.3 is 0 Å². The number of aromatic nitrogens is 1. The van der Waals surface area contributed by atoms with Gasteiger partial charge in [0.15, 0.2) is 0 Å². The molecule has 2 amide bonds. The number of carbonyl (C=O) groups is 2. The zero-order valence-corrected chi connectivity index (χ0v) is 13.8. The van der Waals surface area contributed by atoms with Gasteiger partial charge in [0.25, 0.3) is 11.8 Å². The topological polar surface area (TPSA) is 83.1 Å². The van der Waals surface area contributed by atoms with Crippen LogP contribution in [0.15, 0.2) is 48.8 Å². The Morgan fingerprint density at radius 1 is 1.15 bits per heavy atom. The summed E-state index contributed by atoms with van der Waals surface area (Å²) in [5, 5.41) is 7.91. The molecular formula is C18H18F2N4O2. The Hall–Kier alpha value is -2.87. The van der Waals surface area contributed by atoms with Crippen LogP contribution >= 0.6 is 0 Å². The van der Waals surface area contributed by atoms with Crippen molar-refractivity contribution in [3.05, 3.63) is 59.9 Å². The first-order valence-electron chi connectivity index (χ1n) is 8.12. The lowest BCUT2D eigenvalue weighted by molar-refractivity contribution is -0.123. The third-order valence-corrected chi connectivity index (χ3v) is 4.05. The van der Waals surface area contributed by atoms with Crippen molar-refractivity contribution in [3.8, 4) is 0 Å². The lowest BCUT2D eigenvalue weighted by atomic mass is 10.1. The molecule has 0 radical (unpaired) electrons. The van der Waals surface area contributed by atoms with Crippen LogP contribution in [-0.2, 0) is 11.3 Å². The van der Waals surface area contributed by atoms with Gasteiger partial charge in [0.1, 0.15) is 0 Å². The summed E-state index contributed by atoms with van der Waals surface area (Å²) in [5.74, 6) is -3.53. The molecular weight excluding hydrogens is 342 g/mol. The van der Waals surface area contributed by atoms with Crippen LogP contribution in [0.4, 0.5) is 14.5 Å². The van der Waals surface area contributed by atoms with E-state index in [9.17, 15) is 18.4 Å². The van der Waals surface area contributed by atoms with Crippen LogP contribution in [-0.4, -0.2) is 35.3 Å². The molecule has 1 fully saturated rings. The molecule has 26 heavy (non-hydrogen) atoms. The SMILES string of the molecule is O=C(Nc1ccc(CNC(=O)C2CC(F)(F)CN2)cc1)c1ccncc1. The molecule has 1 aliphatic heterocycles. The number of hydrogen-bond acceptors (Lipinski definition) is 4. The molecule has 1 saturated heterocycles. The third-order valence-electron chi connectivity index (χ3n) is 4.05. The van der Waals surface area contributed by atoms with Crippen molar-refractivity contribution < 1.29 is 18.4 Å². The molecule has 0 saturated carbocycles. The highest BCUT2D eigenvalue weighted by Crippen LogP contribution is 2.25. The molecule has 6 nitrogen and oxygen atoms in total. The van der Waals surface area contributed by atoms with Gasteiger partial charge in [-0.25, -0.2) is 8.78 Å². The summed E-state index contributed by atoms with van der Waals surface area (Å²) >= 11 is 0. The fourth-order valence-corrected chi connectivity index (χ4v) is 2.63. The third kappa shape index (κ3) is 4.60. The average molecular weight is 360 g/mol. The molecule has 136 valence electrons.